The first-order valence-corrected chi connectivity index (χ1v) is 6.24. The van der Waals surface area contributed by atoms with Crippen LogP contribution in [0.25, 0.3) is 0 Å². The van der Waals surface area contributed by atoms with Crippen LogP contribution in [0.4, 0.5) is 8.78 Å². The van der Waals surface area contributed by atoms with E-state index in [2.05, 4.69) is 19.2 Å². The van der Waals surface area contributed by atoms with E-state index in [0.29, 0.717) is 11.8 Å². The van der Waals surface area contributed by atoms with Crippen LogP contribution in [0.1, 0.15) is 31.7 Å². The molecule has 1 fully saturated rings. The first-order chi connectivity index (χ1) is 8.09. The molecule has 2 unspecified atom stereocenters. The monoisotopic (exact) mass is 239 g/mol. The molecule has 0 bridgehead atoms. The van der Waals surface area contributed by atoms with E-state index in [1.54, 1.807) is 0 Å². The van der Waals surface area contributed by atoms with Crippen LogP contribution >= 0.6 is 0 Å². The predicted molar refractivity (Wildman–Crippen MR) is 64.9 cm³/mol. The van der Waals surface area contributed by atoms with Crippen LogP contribution in [0.15, 0.2) is 18.2 Å². The second-order valence-corrected chi connectivity index (χ2v) is 5.29. The van der Waals surface area contributed by atoms with Crippen molar-refractivity contribution < 1.29 is 8.78 Å². The van der Waals surface area contributed by atoms with Crippen LogP contribution in [0.2, 0.25) is 0 Å². The van der Waals surface area contributed by atoms with Gasteiger partial charge in [0.05, 0.1) is 0 Å². The molecular weight excluding hydrogens is 220 g/mol. The number of rotatable bonds is 5. The Hall–Kier alpha value is -0.960. The van der Waals surface area contributed by atoms with Crippen molar-refractivity contribution >= 4 is 0 Å². The normalized spacial score (nSPS) is 23.1. The fourth-order valence-corrected chi connectivity index (χ4v) is 2.25. The van der Waals surface area contributed by atoms with Crippen LogP contribution < -0.4 is 5.32 Å². The maximum absolute atomic E-state index is 13.5. The summed E-state index contributed by atoms with van der Waals surface area (Å²) in [5.74, 6) is 0.260. The molecule has 0 aliphatic heterocycles. The van der Waals surface area contributed by atoms with Gasteiger partial charge in [0.25, 0.3) is 0 Å². The molecule has 94 valence electrons. The van der Waals surface area contributed by atoms with Crippen LogP contribution in [0, 0.1) is 23.5 Å². The van der Waals surface area contributed by atoms with Gasteiger partial charge in [0.15, 0.2) is 0 Å². The lowest BCUT2D eigenvalue weighted by molar-refractivity contribution is 0.521. The standard InChI is InChI=1S/C14H19F2N/c1-9(2)7-17-8-10-6-11(10)14-12(15)4-3-5-13(14)16/h3-5,9-11,17H,6-8H2,1-2H3. The van der Waals surface area contributed by atoms with Crippen molar-refractivity contribution in [2.45, 2.75) is 26.2 Å². The molecule has 0 radical (unpaired) electrons. The Morgan fingerprint density at radius 2 is 1.94 bits per heavy atom. The highest BCUT2D eigenvalue weighted by molar-refractivity contribution is 5.29. The van der Waals surface area contributed by atoms with Crippen molar-refractivity contribution in [3.05, 3.63) is 35.4 Å². The van der Waals surface area contributed by atoms with Gasteiger partial charge in [-0.05, 0) is 49.4 Å². The van der Waals surface area contributed by atoms with E-state index in [1.165, 1.54) is 18.2 Å². The third-order valence-electron chi connectivity index (χ3n) is 3.25. The minimum atomic E-state index is -0.402. The summed E-state index contributed by atoms with van der Waals surface area (Å²) in [6.45, 7) is 6.11. The van der Waals surface area contributed by atoms with Crippen LogP contribution in [-0.4, -0.2) is 13.1 Å². The maximum atomic E-state index is 13.5. The summed E-state index contributed by atoms with van der Waals surface area (Å²) in [5.41, 5.74) is 0.281. The zero-order valence-corrected chi connectivity index (χ0v) is 10.3. The van der Waals surface area contributed by atoms with E-state index >= 15 is 0 Å². The molecule has 3 heteroatoms. The molecule has 2 atom stereocenters. The van der Waals surface area contributed by atoms with Gasteiger partial charge in [-0.25, -0.2) is 8.78 Å². The Kier molecular flexibility index (Phi) is 3.77. The van der Waals surface area contributed by atoms with E-state index in [9.17, 15) is 8.78 Å². The fourth-order valence-electron chi connectivity index (χ4n) is 2.25. The van der Waals surface area contributed by atoms with Crippen molar-refractivity contribution in [2.75, 3.05) is 13.1 Å². The van der Waals surface area contributed by atoms with Crippen LogP contribution in [0.5, 0.6) is 0 Å². The third-order valence-corrected chi connectivity index (χ3v) is 3.25. The van der Waals surface area contributed by atoms with Gasteiger partial charge in [-0.3, -0.25) is 0 Å². The molecule has 0 saturated heterocycles. The lowest BCUT2D eigenvalue weighted by atomic mass is 10.1. The number of halogens is 2. The zero-order chi connectivity index (χ0) is 12.4. The van der Waals surface area contributed by atoms with Crippen molar-refractivity contribution in [1.82, 2.24) is 5.32 Å². The van der Waals surface area contributed by atoms with E-state index < -0.39 is 11.6 Å². The average molecular weight is 239 g/mol. The lowest BCUT2D eigenvalue weighted by Gasteiger charge is -2.07. The van der Waals surface area contributed by atoms with E-state index in [0.717, 1.165) is 19.5 Å². The van der Waals surface area contributed by atoms with Gasteiger partial charge in [0, 0.05) is 5.56 Å². The molecule has 1 aromatic rings. The topological polar surface area (TPSA) is 12.0 Å². The molecule has 0 heterocycles. The molecule has 0 aromatic heterocycles. The van der Waals surface area contributed by atoms with Crippen molar-refractivity contribution in [3.63, 3.8) is 0 Å². The van der Waals surface area contributed by atoms with Gasteiger partial charge in [-0.2, -0.15) is 0 Å². The zero-order valence-electron chi connectivity index (χ0n) is 10.3. The maximum Gasteiger partial charge on any atom is 0.129 e. The highest BCUT2D eigenvalue weighted by atomic mass is 19.1. The Morgan fingerprint density at radius 1 is 1.29 bits per heavy atom. The van der Waals surface area contributed by atoms with Gasteiger partial charge in [0.2, 0.25) is 0 Å². The van der Waals surface area contributed by atoms with Crippen LogP contribution in [0.3, 0.4) is 0 Å². The Balaban J connectivity index is 1.90. The summed E-state index contributed by atoms with van der Waals surface area (Å²) in [7, 11) is 0. The molecular formula is C14H19F2N. The Morgan fingerprint density at radius 3 is 2.53 bits per heavy atom. The molecule has 1 N–H and O–H groups in total. The Labute approximate surface area is 101 Å². The first kappa shape index (κ1) is 12.5. The quantitative estimate of drug-likeness (QED) is 0.831. The van der Waals surface area contributed by atoms with Crippen molar-refractivity contribution in [2.24, 2.45) is 11.8 Å². The van der Waals surface area contributed by atoms with Gasteiger partial charge in [0.1, 0.15) is 11.6 Å². The predicted octanol–water partition coefficient (Wildman–Crippen LogP) is 3.31. The molecule has 17 heavy (non-hydrogen) atoms. The first-order valence-electron chi connectivity index (χ1n) is 6.24. The van der Waals surface area contributed by atoms with Crippen LogP contribution in [-0.2, 0) is 0 Å². The molecule has 1 aromatic carbocycles. The highest BCUT2D eigenvalue weighted by Gasteiger charge is 2.41. The van der Waals surface area contributed by atoms with Gasteiger partial charge in [-0.1, -0.05) is 19.9 Å². The minimum absolute atomic E-state index is 0.0656. The SMILES string of the molecule is CC(C)CNCC1CC1c1c(F)cccc1F. The summed E-state index contributed by atoms with van der Waals surface area (Å²) < 4.78 is 27.0. The fraction of sp³-hybridized carbons (Fsp3) is 0.571. The molecule has 0 spiro atoms. The second kappa shape index (κ2) is 5.13. The summed E-state index contributed by atoms with van der Waals surface area (Å²) >= 11 is 0. The summed E-state index contributed by atoms with van der Waals surface area (Å²) in [5, 5.41) is 3.34. The Bertz CT molecular complexity index is 370. The third kappa shape index (κ3) is 3.03. The van der Waals surface area contributed by atoms with Gasteiger partial charge >= 0.3 is 0 Å². The van der Waals surface area contributed by atoms with Gasteiger partial charge in [-0.15, -0.1) is 0 Å². The molecule has 1 aliphatic carbocycles. The summed E-state index contributed by atoms with van der Waals surface area (Å²) in [6, 6.07) is 4.10. The smallest absolute Gasteiger partial charge is 0.129 e. The highest BCUT2D eigenvalue weighted by Crippen LogP contribution is 2.48. The second-order valence-electron chi connectivity index (χ2n) is 5.29. The summed E-state index contributed by atoms with van der Waals surface area (Å²) in [6.07, 6.45) is 0.892. The number of benzene rings is 1. The van der Waals surface area contributed by atoms with E-state index in [-0.39, 0.29) is 11.5 Å². The number of hydrogen-bond donors (Lipinski definition) is 1. The number of nitrogens with one attached hydrogen (secondary N) is 1. The average Bonchev–Trinajstić information content (AvgIpc) is 2.96. The largest absolute Gasteiger partial charge is 0.316 e. The lowest BCUT2D eigenvalue weighted by Crippen LogP contribution is -2.22. The minimum Gasteiger partial charge on any atom is -0.316 e. The molecule has 1 saturated carbocycles. The van der Waals surface area contributed by atoms with E-state index in [1.807, 2.05) is 0 Å². The van der Waals surface area contributed by atoms with Gasteiger partial charge < -0.3 is 5.32 Å². The molecule has 1 aliphatic rings. The molecule has 2 rings (SSSR count). The molecule has 1 nitrogen and oxygen atoms in total. The number of hydrogen-bond acceptors (Lipinski definition) is 1. The molecule has 0 amide bonds. The van der Waals surface area contributed by atoms with Crippen molar-refractivity contribution in [1.29, 1.82) is 0 Å². The van der Waals surface area contributed by atoms with E-state index in [4.69, 9.17) is 0 Å². The summed E-state index contributed by atoms with van der Waals surface area (Å²) in [4.78, 5) is 0. The van der Waals surface area contributed by atoms with Crippen molar-refractivity contribution in [3.8, 4) is 0 Å².